The maximum absolute atomic E-state index is 12.6. The summed E-state index contributed by atoms with van der Waals surface area (Å²) in [7, 11) is 4.01. The molecule has 0 bridgehead atoms. The van der Waals surface area contributed by atoms with Crippen LogP contribution in [0.4, 0.5) is 0 Å². The van der Waals surface area contributed by atoms with Crippen molar-refractivity contribution in [2.75, 3.05) is 14.1 Å². The van der Waals surface area contributed by atoms with Crippen LogP contribution in [0.5, 0.6) is 0 Å². The lowest BCUT2D eigenvalue weighted by atomic mass is 9.83. The highest BCUT2D eigenvalue weighted by molar-refractivity contribution is 6.01. The Labute approximate surface area is 103 Å². The van der Waals surface area contributed by atoms with Crippen molar-refractivity contribution >= 4 is 5.78 Å². The van der Waals surface area contributed by atoms with Gasteiger partial charge in [0.15, 0.2) is 5.76 Å². The van der Waals surface area contributed by atoms with E-state index in [0.29, 0.717) is 5.76 Å². The van der Waals surface area contributed by atoms with Gasteiger partial charge in [-0.05, 0) is 39.1 Å². The Morgan fingerprint density at radius 1 is 1.24 bits per heavy atom. The zero-order chi connectivity index (χ0) is 12.3. The number of carbonyl (C=O) groups excluding carboxylic acids is 1. The summed E-state index contributed by atoms with van der Waals surface area (Å²) in [6, 6.07) is 3.56. The van der Waals surface area contributed by atoms with Crippen molar-refractivity contribution in [3.05, 3.63) is 24.2 Å². The van der Waals surface area contributed by atoms with E-state index in [-0.39, 0.29) is 11.3 Å². The molecule has 1 aromatic rings. The van der Waals surface area contributed by atoms with E-state index in [4.69, 9.17) is 4.42 Å². The van der Waals surface area contributed by atoms with Crippen LogP contribution in [-0.4, -0.2) is 30.3 Å². The SMILES string of the molecule is CN(C)C1(C(=O)c2ccco2)CCCCCC1. The van der Waals surface area contributed by atoms with Crippen molar-refractivity contribution in [2.24, 2.45) is 0 Å². The van der Waals surface area contributed by atoms with Gasteiger partial charge in [-0.2, -0.15) is 0 Å². The highest BCUT2D eigenvalue weighted by atomic mass is 16.3. The topological polar surface area (TPSA) is 33.5 Å². The third-order valence-corrected chi connectivity index (χ3v) is 3.95. The van der Waals surface area contributed by atoms with Crippen molar-refractivity contribution in [3.8, 4) is 0 Å². The summed E-state index contributed by atoms with van der Waals surface area (Å²) in [5.41, 5.74) is -0.353. The molecule has 0 aromatic carbocycles. The molecule has 0 radical (unpaired) electrons. The number of nitrogens with zero attached hydrogens (tertiary/aromatic N) is 1. The van der Waals surface area contributed by atoms with Crippen LogP contribution in [0.1, 0.15) is 49.1 Å². The number of likely N-dealkylation sites (N-methyl/N-ethyl adjacent to an activating group) is 1. The average Bonchev–Trinajstić information content (AvgIpc) is 2.72. The molecule has 0 amide bonds. The second-order valence-corrected chi connectivity index (χ2v) is 5.15. The summed E-state index contributed by atoms with van der Waals surface area (Å²) < 4.78 is 5.29. The van der Waals surface area contributed by atoms with Crippen molar-refractivity contribution in [1.29, 1.82) is 0 Å². The number of Topliss-reactive ketones (excluding diaryl/α,β-unsaturated/α-hetero) is 1. The van der Waals surface area contributed by atoms with Gasteiger partial charge in [-0.15, -0.1) is 0 Å². The summed E-state index contributed by atoms with van der Waals surface area (Å²) >= 11 is 0. The van der Waals surface area contributed by atoms with Gasteiger partial charge >= 0.3 is 0 Å². The van der Waals surface area contributed by atoms with Gasteiger partial charge in [-0.1, -0.05) is 25.7 Å². The van der Waals surface area contributed by atoms with Crippen LogP contribution in [0.3, 0.4) is 0 Å². The van der Waals surface area contributed by atoms with Gasteiger partial charge in [0.2, 0.25) is 5.78 Å². The number of furan rings is 1. The smallest absolute Gasteiger partial charge is 0.218 e. The number of hydrogen-bond acceptors (Lipinski definition) is 3. The highest BCUT2D eigenvalue weighted by Crippen LogP contribution is 2.34. The van der Waals surface area contributed by atoms with Gasteiger partial charge in [0.25, 0.3) is 0 Å². The lowest BCUT2D eigenvalue weighted by molar-refractivity contribution is 0.0605. The van der Waals surface area contributed by atoms with Gasteiger partial charge in [0.05, 0.1) is 11.8 Å². The van der Waals surface area contributed by atoms with Crippen LogP contribution in [0.25, 0.3) is 0 Å². The molecule has 1 fully saturated rings. The maximum atomic E-state index is 12.6. The fourth-order valence-corrected chi connectivity index (χ4v) is 2.83. The van der Waals surface area contributed by atoms with Crippen LogP contribution < -0.4 is 0 Å². The lowest BCUT2D eigenvalue weighted by Gasteiger charge is -2.37. The van der Waals surface area contributed by atoms with Gasteiger partial charge in [-0.3, -0.25) is 9.69 Å². The molecule has 3 nitrogen and oxygen atoms in total. The quantitative estimate of drug-likeness (QED) is 0.596. The molecule has 2 rings (SSSR count). The molecule has 0 saturated heterocycles. The predicted molar refractivity (Wildman–Crippen MR) is 67.2 cm³/mol. The minimum absolute atomic E-state index is 0.148. The summed E-state index contributed by atoms with van der Waals surface area (Å²) in [5.74, 6) is 0.648. The molecule has 94 valence electrons. The Bertz CT molecular complexity index is 360. The minimum atomic E-state index is -0.353. The van der Waals surface area contributed by atoms with Gasteiger partial charge in [0, 0.05) is 0 Å². The second kappa shape index (κ2) is 5.05. The number of ketones is 1. The zero-order valence-electron chi connectivity index (χ0n) is 10.7. The predicted octanol–water partition coefficient (Wildman–Crippen LogP) is 3.12. The van der Waals surface area contributed by atoms with E-state index in [2.05, 4.69) is 4.90 Å². The van der Waals surface area contributed by atoms with E-state index < -0.39 is 0 Å². The number of carbonyl (C=O) groups is 1. The Morgan fingerprint density at radius 3 is 2.35 bits per heavy atom. The first-order valence-corrected chi connectivity index (χ1v) is 6.42. The van der Waals surface area contributed by atoms with Gasteiger partial charge in [-0.25, -0.2) is 0 Å². The minimum Gasteiger partial charge on any atom is -0.461 e. The van der Waals surface area contributed by atoms with Crippen molar-refractivity contribution in [2.45, 2.75) is 44.1 Å². The molecular weight excluding hydrogens is 214 g/mol. The van der Waals surface area contributed by atoms with Crippen molar-refractivity contribution < 1.29 is 9.21 Å². The molecule has 0 aliphatic heterocycles. The van der Waals surface area contributed by atoms with Crippen LogP contribution in [0, 0.1) is 0 Å². The van der Waals surface area contributed by atoms with Crippen LogP contribution in [0.15, 0.2) is 22.8 Å². The first-order chi connectivity index (χ1) is 8.17. The van der Waals surface area contributed by atoms with E-state index in [1.807, 2.05) is 14.1 Å². The van der Waals surface area contributed by atoms with Crippen molar-refractivity contribution in [1.82, 2.24) is 4.90 Å². The average molecular weight is 235 g/mol. The molecular formula is C14H21NO2. The lowest BCUT2D eigenvalue weighted by Crippen LogP contribution is -2.50. The fraction of sp³-hybridized carbons (Fsp3) is 0.643. The van der Waals surface area contributed by atoms with E-state index >= 15 is 0 Å². The Balaban J connectivity index is 2.30. The molecule has 1 aromatic heterocycles. The van der Waals surface area contributed by atoms with Crippen LogP contribution in [-0.2, 0) is 0 Å². The Hall–Kier alpha value is -1.09. The third-order valence-electron chi connectivity index (χ3n) is 3.95. The van der Waals surface area contributed by atoms with E-state index in [1.54, 1.807) is 18.4 Å². The largest absolute Gasteiger partial charge is 0.461 e. The Kier molecular flexibility index (Phi) is 3.67. The molecule has 0 N–H and O–H groups in total. The molecule has 1 aliphatic carbocycles. The molecule has 1 heterocycles. The summed E-state index contributed by atoms with van der Waals surface area (Å²) in [6.07, 6.45) is 8.20. The van der Waals surface area contributed by atoms with Gasteiger partial charge in [0.1, 0.15) is 0 Å². The van der Waals surface area contributed by atoms with Crippen LogP contribution in [0.2, 0.25) is 0 Å². The fourth-order valence-electron chi connectivity index (χ4n) is 2.83. The normalized spacial score (nSPS) is 20.2. The molecule has 1 saturated carbocycles. The van der Waals surface area contributed by atoms with Crippen LogP contribution >= 0.6 is 0 Å². The molecule has 0 spiro atoms. The van der Waals surface area contributed by atoms with E-state index in [1.165, 1.54) is 12.8 Å². The van der Waals surface area contributed by atoms with E-state index in [9.17, 15) is 4.79 Å². The van der Waals surface area contributed by atoms with E-state index in [0.717, 1.165) is 25.7 Å². The molecule has 0 unspecified atom stereocenters. The highest BCUT2D eigenvalue weighted by Gasteiger charge is 2.42. The van der Waals surface area contributed by atoms with Gasteiger partial charge < -0.3 is 4.42 Å². The zero-order valence-corrected chi connectivity index (χ0v) is 10.7. The standard InChI is InChI=1S/C14H21NO2/c1-15(2)14(9-5-3-4-6-10-14)13(16)12-8-7-11-17-12/h7-8,11H,3-6,9-10H2,1-2H3. The first kappa shape index (κ1) is 12.4. The van der Waals surface area contributed by atoms with Crippen molar-refractivity contribution in [3.63, 3.8) is 0 Å². The molecule has 0 atom stereocenters. The number of hydrogen-bond donors (Lipinski definition) is 0. The molecule has 17 heavy (non-hydrogen) atoms. The second-order valence-electron chi connectivity index (χ2n) is 5.15. The summed E-state index contributed by atoms with van der Waals surface area (Å²) in [4.78, 5) is 14.7. The summed E-state index contributed by atoms with van der Waals surface area (Å²) in [6.45, 7) is 0. The monoisotopic (exact) mass is 235 g/mol. The molecule has 1 aliphatic rings. The summed E-state index contributed by atoms with van der Waals surface area (Å²) in [5, 5.41) is 0. The number of rotatable bonds is 3. The third kappa shape index (κ3) is 2.29. The Morgan fingerprint density at radius 2 is 1.88 bits per heavy atom. The first-order valence-electron chi connectivity index (χ1n) is 6.42. The maximum Gasteiger partial charge on any atom is 0.218 e. The molecule has 3 heteroatoms.